The van der Waals surface area contributed by atoms with E-state index in [2.05, 4.69) is 38.2 Å². The summed E-state index contributed by atoms with van der Waals surface area (Å²) in [6, 6.07) is 17.9. The molecule has 0 heterocycles. The number of benzene rings is 2. The highest BCUT2D eigenvalue weighted by atomic mass is 16.6. The molecule has 0 aliphatic heterocycles. The van der Waals surface area contributed by atoms with Crippen molar-refractivity contribution in [2.45, 2.75) is 59.6 Å². The van der Waals surface area contributed by atoms with Gasteiger partial charge in [0.2, 0.25) is 0 Å². The average molecular weight is 341 g/mol. The lowest BCUT2D eigenvalue weighted by atomic mass is 10.1. The Kier molecular flexibility index (Phi) is 10.1. The molecule has 3 nitrogen and oxygen atoms in total. The van der Waals surface area contributed by atoms with Crippen LogP contribution in [0, 0.1) is 0 Å². The molecule has 1 unspecified atom stereocenters. The van der Waals surface area contributed by atoms with Crippen molar-refractivity contribution < 1.29 is 9.53 Å². The van der Waals surface area contributed by atoms with Crippen LogP contribution in [0.1, 0.15) is 63.3 Å². The van der Waals surface area contributed by atoms with Crippen LogP contribution >= 0.6 is 0 Å². The second-order valence-electron chi connectivity index (χ2n) is 5.98. The molecule has 0 aromatic heterocycles. The summed E-state index contributed by atoms with van der Waals surface area (Å²) in [7, 11) is 0. The van der Waals surface area contributed by atoms with E-state index < -0.39 is 6.09 Å². The van der Waals surface area contributed by atoms with Crippen LogP contribution in [0.4, 0.5) is 4.79 Å². The van der Waals surface area contributed by atoms with Crippen molar-refractivity contribution in [1.82, 2.24) is 5.32 Å². The quantitative estimate of drug-likeness (QED) is 0.695. The molecule has 0 bridgehead atoms. The predicted molar refractivity (Wildman–Crippen MR) is 105 cm³/mol. The molecule has 2 aromatic carbocycles. The lowest BCUT2D eigenvalue weighted by Gasteiger charge is -2.14. The van der Waals surface area contributed by atoms with Gasteiger partial charge in [-0.2, -0.15) is 0 Å². The number of ether oxygens (including phenoxy) is 1. The van der Waals surface area contributed by atoms with Crippen LogP contribution in [0.5, 0.6) is 0 Å². The van der Waals surface area contributed by atoms with E-state index in [4.69, 9.17) is 4.74 Å². The van der Waals surface area contributed by atoms with Crippen LogP contribution in [0.15, 0.2) is 54.6 Å². The maximum absolute atomic E-state index is 11.8. The third-order valence-corrected chi connectivity index (χ3v) is 3.92. The van der Waals surface area contributed by atoms with Gasteiger partial charge in [0.15, 0.2) is 0 Å². The first kappa shape index (κ1) is 20.8. The SMILES string of the molecule is CCCC.CCc1ccc(CNC(=O)OC(C)c2ccccc2)cc1. The third-order valence-electron chi connectivity index (χ3n) is 3.92. The monoisotopic (exact) mass is 341 g/mol. The van der Waals surface area contributed by atoms with Crippen molar-refractivity contribution in [3.63, 3.8) is 0 Å². The first-order valence-corrected chi connectivity index (χ1v) is 9.17. The summed E-state index contributed by atoms with van der Waals surface area (Å²) in [5.41, 5.74) is 3.34. The first-order valence-electron chi connectivity index (χ1n) is 9.17. The van der Waals surface area contributed by atoms with Gasteiger partial charge in [0.1, 0.15) is 6.10 Å². The lowest BCUT2D eigenvalue weighted by molar-refractivity contribution is 0.106. The van der Waals surface area contributed by atoms with E-state index in [1.807, 2.05) is 49.4 Å². The fourth-order valence-electron chi connectivity index (χ4n) is 2.06. The number of unbranched alkanes of at least 4 members (excludes halogenated alkanes) is 1. The molecule has 2 aromatic rings. The molecule has 0 saturated carbocycles. The Labute approximate surface area is 152 Å². The number of carbonyl (C=O) groups is 1. The van der Waals surface area contributed by atoms with Crippen molar-refractivity contribution in [3.05, 3.63) is 71.3 Å². The number of alkyl carbamates (subject to hydrolysis) is 1. The van der Waals surface area contributed by atoms with Gasteiger partial charge in [-0.05, 0) is 30.0 Å². The molecule has 0 fully saturated rings. The summed E-state index contributed by atoms with van der Waals surface area (Å²) in [4.78, 5) is 11.8. The Hall–Kier alpha value is -2.29. The van der Waals surface area contributed by atoms with E-state index in [0.29, 0.717) is 6.54 Å². The molecule has 136 valence electrons. The van der Waals surface area contributed by atoms with Gasteiger partial charge >= 0.3 is 6.09 Å². The van der Waals surface area contributed by atoms with Crippen LogP contribution < -0.4 is 5.32 Å². The largest absolute Gasteiger partial charge is 0.442 e. The Morgan fingerprint density at radius 1 is 0.920 bits per heavy atom. The average Bonchev–Trinajstić information content (AvgIpc) is 2.67. The normalized spacial score (nSPS) is 11.0. The van der Waals surface area contributed by atoms with Gasteiger partial charge < -0.3 is 10.1 Å². The van der Waals surface area contributed by atoms with Gasteiger partial charge in [-0.3, -0.25) is 0 Å². The minimum absolute atomic E-state index is 0.256. The smallest absolute Gasteiger partial charge is 0.408 e. The maximum Gasteiger partial charge on any atom is 0.408 e. The molecule has 0 spiro atoms. The van der Waals surface area contributed by atoms with Crippen LogP contribution in [0.2, 0.25) is 0 Å². The van der Waals surface area contributed by atoms with E-state index in [0.717, 1.165) is 17.5 Å². The highest BCUT2D eigenvalue weighted by molar-refractivity contribution is 5.67. The fraction of sp³-hybridized carbons (Fsp3) is 0.409. The number of amides is 1. The highest BCUT2D eigenvalue weighted by Gasteiger charge is 2.10. The second-order valence-corrected chi connectivity index (χ2v) is 5.98. The zero-order chi connectivity index (χ0) is 18.5. The second kappa shape index (κ2) is 12.1. The van der Waals surface area contributed by atoms with Gasteiger partial charge in [-0.25, -0.2) is 4.79 Å². The van der Waals surface area contributed by atoms with Crippen LogP contribution in [-0.4, -0.2) is 6.09 Å². The van der Waals surface area contributed by atoms with E-state index in [1.54, 1.807) is 0 Å². The molecule has 1 N–H and O–H groups in total. The van der Waals surface area contributed by atoms with Crippen LogP contribution in [0.25, 0.3) is 0 Å². The summed E-state index contributed by atoms with van der Waals surface area (Å²) in [5, 5.41) is 2.78. The molecule has 0 saturated heterocycles. The molecule has 0 aliphatic rings. The van der Waals surface area contributed by atoms with Gasteiger partial charge in [-0.1, -0.05) is 88.2 Å². The summed E-state index contributed by atoms with van der Waals surface area (Å²) in [6.07, 6.45) is 3.00. The Morgan fingerprint density at radius 3 is 2.00 bits per heavy atom. The van der Waals surface area contributed by atoms with E-state index in [-0.39, 0.29) is 6.10 Å². The molecule has 0 aliphatic carbocycles. The standard InChI is InChI=1S/C18H21NO2.C4H10/c1-3-15-9-11-16(12-10-15)13-19-18(20)21-14(2)17-7-5-4-6-8-17;1-3-4-2/h4-12,14H,3,13H2,1-2H3,(H,19,20);3-4H2,1-2H3. The number of nitrogens with one attached hydrogen (secondary N) is 1. The number of carbonyl (C=O) groups excluding carboxylic acids is 1. The zero-order valence-electron chi connectivity index (χ0n) is 15.9. The summed E-state index contributed by atoms with van der Waals surface area (Å²) in [6.45, 7) is 8.82. The van der Waals surface area contributed by atoms with E-state index in [1.165, 1.54) is 18.4 Å². The minimum atomic E-state index is -0.397. The summed E-state index contributed by atoms with van der Waals surface area (Å²) < 4.78 is 5.35. The fourth-order valence-corrected chi connectivity index (χ4v) is 2.06. The molecule has 1 atom stereocenters. The predicted octanol–water partition coefficient (Wildman–Crippen LogP) is 6.04. The molecular formula is C22H31NO2. The van der Waals surface area contributed by atoms with Crippen molar-refractivity contribution >= 4 is 6.09 Å². The Balaban J connectivity index is 0.000000705. The van der Waals surface area contributed by atoms with Gasteiger partial charge in [-0.15, -0.1) is 0 Å². The lowest BCUT2D eigenvalue weighted by Crippen LogP contribution is -2.24. The van der Waals surface area contributed by atoms with E-state index in [9.17, 15) is 4.79 Å². The number of hydrogen-bond acceptors (Lipinski definition) is 2. The minimum Gasteiger partial charge on any atom is -0.442 e. The molecule has 25 heavy (non-hydrogen) atoms. The molecule has 2 rings (SSSR count). The van der Waals surface area contributed by atoms with Crippen molar-refractivity contribution in [3.8, 4) is 0 Å². The molecular weight excluding hydrogens is 310 g/mol. The van der Waals surface area contributed by atoms with Gasteiger partial charge in [0, 0.05) is 6.54 Å². The van der Waals surface area contributed by atoms with Crippen LogP contribution in [-0.2, 0) is 17.7 Å². The molecule has 1 amide bonds. The van der Waals surface area contributed by atoms with Crippen LogP contribution in [0.3, 0.4) is 0 Å². The van der Waals surface area contributed by atoms with Crippen molar-refractivity contribution in [2.75, 3.05) is 0 Å². The maximum atomic E-state index is 11.8. The number of hydrogen-bond donors (Lipinski definition) is 1. The number of rotatable bonds is 6. The Morgan fingerprint density at radius 2 is 1.48 bits per heavy atom. The number of aryl methyl sites for hydroxylation is 1. The highest BCUT2D eigenvalue weighted by Crippen LogP contribution is 2.15. The topological polar surface area (TPSA) is 38.3 Å². The van der Waals surface area contributed by atoms with Crippen molar-refractivity contribution in [2.24, 2.45) is 0 Å². The van der Waals surface area contributed by atoms with Gasteiger partial charge in [0.25, 0.3) is 0 Å². The van der Waals surface area contributed by atoms with Crippen molar-refractivity contribution in [1.29, 1.82) is 0 Å². The molecule has 3 heteroatoms. The van der Waals surface area contributed by atoms with Gasteiger partial charge in [0.05, 0.1) is 0 Å². The first-order chi connectivity index (χ1) is 12.1. The summed E-state index contributed by atoms with van der Waals surface area (Å²) in [5.74, 6) is 0. The zero-order valence-corrected chi connectivity index (χ0v) is 15.9. The third kappa shape index (κ3) is 8.39. The Bertz CT molecular complexity index is 591. The van der Waals surface area contributed by atoms with E-state index >= 15 is 0 Å². The summed E-state index contributed by atoms with van der Waals surface area (Å²) >= 11 is 0. The molecule has 0 radical (unpaired) electrons.